The number of amides is 1. The SMILES string of the molecule is O=C(CN1CCCC1c1cccc(Br)c1)Nc1cccc(F)c1. The molecule has 23 heavy (non-hydrogen) atoms. The molecule has 1 aliphatic heterocycles. The van der Waals surface area contributed by atoms with Crippen molar-refractivity contribution in [2.24, 2.45) is 0 Å². The highest BCUT2D eigenvalue weighted by molar-refractivity contribution is 9.10. The molecule has 0 aliphatic carbocycles. The first-order valence-corrected chi connectivity index (χ1v) is 8.46. The molecule has 1 saturated heterocycles. The summed E-state index contributed by atoms with van der Waals surface area (Å²) in [6.07, 6.45) is 2.12. The van der Waals surface area contributed by atoms with E-state index in [0.29, 0.717) is 12.2 Å². The zero-order valence-corrected chi connectivity index (χ0v) is 14.2. The Balaban J connectivity index is 1.65. The molecule has 1 atom stereocenters. The van der Waals surface area contributed by atoms with Crippen molar-refractivity contribution in [1.29, 1.82) is 0 Å². The Morgan fingerprint density at radius 1 is 1.26 bits per heavy atom. The van der Waals surface area contributed by atoms with Gasteiger partial charge in [0.1, 0.15) is 5.82 Å². The Labute approximate surface area is 143 Å². The molecule has 0 radical (unpaired) electrons. The molecule has 3 rings (SSSR count). The molecular weight excluding hydrogens is 359 g/mol. The standard InChI is InChI=1S/C18H18BrFN2O/c19-14-5-1-4-13(10-14)17-8-3-9-22(17)12-18(23)21-16-7-2-6-15(20)11-16/h1-2,4-7,10-11,17H,3,8-9,12H2,(H,21,23). The second-order valence-corrected chi connectivity index (χ2v) is 6.66. The van der Waals surface area contributed by atoms with E-state index in [2.05, 4.69) is 38.3 Å². The molecule has 1 amide bonds. The molecule has 0 aromatic heterocycles. The number of rotatable bonds is 4. The van der Waals surface area contributed by atoms with Gasteiger partial charge in [0, 0.05) is 16.2 Å². The number of benzene rings is 2. The maximum atomic E-state index is 13.2. The molecule has 1 N–H and O–H groups in total. The van der Waals surface area contributed by atoms with E-state index < -0.39 is 0 Å². The lowest BCUT2D eigenvalue weighted by molar-refractivity contribution is -0.117. The quantitative estimate of drug-likeness (QED) is 0.859. The fourth-order valence-corrected chi connectivity index (χ4v) is 3.47. The third-order valence-electron chi connectivity index (χ3n) is 4.05. The van der Waals surface area contributed by atoms with Gasteiger partial charge in [0.15, 0.2) is 0 Å². The van der Waals surface area contributed by atoms with Gasteiger partial charge in [-0.3, -0.25) is 9.69 Å². The lowest BCUT2D eigenvalue weighted by Gasteiger charge is -2.24. The number of carbonyl (C=O) groups is 1. The van der Waals surface area contributed by atoms with Crippen molar-refractivity contribution in [3.63, 3.8) is 0 Å². The first-order valence-electron chi connectivity index (χ1n) is 7.67. The van der Waals surface area contributed by atoms with Crippen molar-refractivity contribution < 1.29 is 9.18 Å². The van der Waals surface area contributed by atoms with Crippen LogP contribution in [0, 0.1) is 5.82 Å². The van der Waals surface area contributed by atoms with Crippen LogP contribution in [0.3, 0.4) is 0 Å². The monoisotopic (exact) mass is 376 g/mol. The molecule has 0 spiro atoms. The average Bonchev–Trinajstić information content (AvgIpc) is 2.95. The van der Waals surface area contributed by atoms with Gasteiger partial charge in [0.2, 0.25) is 5.91 Å². The number of nitrogens with one attached hydrogen (secondary N) is 1. The zero-order valence-electron chi connectivity index (χ0n) is 12.6. The Morgan fingerprint density at radius 3 is 2.87 bits per heavy atom. The van der Waals surface area contributed by atoms with Gasteiger partial charge in [-0.05, 0) is 55.3 Å². The number of hydrogen-bond donors (Lipinski definition) is 1. The van der Waals surface area contributed by atoms with Crippen molar-refractivity contribution >= 4 is 27.5 Å². The van der Waals surface area contributed by atoms with E-state index >= 15 is 0 Å². The second-order valence-electron chi connectivity index (χ2n) is 5.74. The molecule has 1 heterocycles. The minimum absolute atomic E-state index is 0.113. The van der Waals surface area contributed by atoms with Crippen LogP contribution in [-0.2, 0) is 4.79 Å². The van der Waals surface area contributed by atoms with E-state index in [0.717, 1.165) is 23.9 Å². The van der Waals surface area contributed by atoms with E-state index in [9.17, 15) is 9.18 Å². The van der Waals surface area contributed by atoms with Gasteiger partial charge in [-0.15, -0.1) is 0 Å². The van der Waals surface area contributed by atoms with Crippen LogP contribution in [0.5, 0.6) is 0 Å². The fourth-order valence-electron chi connectivity index (χ4n) is 3.06. The maximum Gasteiger partial charge on any atom is 0.238 e. The summed E-state index contributed by atoms with van der Waals surface area (Å²) in [4.78, 5) is 14.4. The molecule has 1 fully saturated rings. The molecule has 120 valence electrons. The summed E-state index contributed by atoms with van der Waals surface area (Å²) in [6.45, 7) is 1.21. The van der Waals surface area contributed by atoms with Crippen LogP contribution in [-0.4, -0.2) is 23.9 Å². The smallest absolute Gasteiger partial charge is 0.238 e. The van der Waals surface area contributed by atoms with Gasteiger partial charge in [0.25, 0.3) is 0 Å². The highest BCUT2D eigenvalue weighted by Gasteiger charge is 2.27. The third kappa shape index (κ3) is 4.18. The number of carbonyl (C=O) groups excluding carboxylic acids is 1. The average molecular weight is 377 g/mol. The van der Waals surface area contributed by atoms with Gasteiger partial charge in [0.05, 0.1) is 6.54 Å². The van der Waals surface area contributed by atoms with Crippen molar-refractivity contribution in [2.75, 3.05) is 18.4 Å². The Bertz CT molecular complexity index is 707. The highest BCUT2D eigenvalue weighted by atomic mass is 79.9. The largest absolute Gasteiger partial charge is 0.325 e. The molecule has 1 unspecified atom stereocenters. The van der Waals surface area contributed by atoms with Gasteiger partial charge in [-0.1, -0.05) is 34.1 Å². The molecular formula is C18H18BrFN2O. The van der Waals surface area contributed by atoms with Crippen molar-refractivity contribution in [1.82, 2.24) is 4.90 Å². The minimum atomic E-state index is -0.351. The molecule has 2 aromatic rings. The van der Waals surface area contributed by atoms with Gasteiger partial charge in [-0.2, -0.15) is 0 Å². The maximum absolute atomic E-state index is 13.2. The summed E-state index contributed by atoms with van der Waals surface area (Å²) in [7, 11) is 0. The normalized spacial score (nSPS) is 18.1. The molecule has 2 aromatic carbocycles. The Kier molecular flexibility index (Phi) is 5.08. The Morgan fingerprint density at radius 2 is 2.09 bits per heavy atom. The molecule has 0 saturated carbocycles. The Hall–Kier alpha value is -1.72. The van der Waals surface area contributed by atoms with E-state index in [1.807, 2.05) is 12.1 Å². The van der Waals surface area contributed by atoms with Crippen LogP contribution in [0.4, 0.5) is 10.1 Å². The first-order chi connectivity index (χ1) is 11.1. The number of hydrogen-bond acceptors (Lipinski definition) is 2. The predicted molar refractivity (Wildman–Crippen MR) is 92.7 cm³/mol. The fraction of sp³-hybridized carbons (Fsp3) is 0.278. The predicted octanol–water partition coefficient (Wildman–Crippen LogP) is 4.36. The van der Waals surface area contributed by atoms with Crippen molar-refractivity contribution in [3.8, 4) is 0 Å². The van der Waals surface area contributed by atoms with Crippen LogP contribution in [0.2, 0.25) is 0 Å². The molecule has 1 aliphatic rings. The van der Waals surface area contributed by atoms with E-state index in [1.165, 1.54) is 17.7 Å². The van der Waals surface area contributed by atoms with Gasteiger partial charge in [-0.25, -0.2) is 4.39 Å². The second kappa shape index (κ2) is 7.23. The van der Waals surface area contributed by atoms with E-state index in [4.69, 9.17) is 0 Å². The molecule has 3 nitrogen and oxygen atoms in total. The number of likely N-dealkylation sites (tertiary alicyclic amines) is 1. The summed E-state index contributed by atoms with van der Waals surface area (Å²) in [5.74, 6) is -0.464. The third-order valence-corrected chi connectivity index (χ3v) is 4.55. The summed E-state index contributed by atoms with van der Waals surface area (Å²) in [5, 5.41) is 2.76. The number of halogens is 2. The first kappa shape index (κ1) is 16.1. The number of nitrogens with zero attached hydrogens (tertiary/aromatic N) is 1. The minimum Gasteiger partial charge on any atom is -0.325 e. The van der Waals surface area contributed by atoms with Gasteiger partial charge < -0.3 is 5.32 Å². The zero-order chi connectivity index (χ0) is 16.2. The molecule has 0 bridgehead atoms. The van der Waals surface area contributed by atoms with Crippen LogP contribution >= 0.6 is 15.9 Å². The van der Waals surface area contributed by atoms with Crippen LogP contribution < -0.4 is 5.32 Å². The van der Waals surface area contributed by atoms with Crippen molar-refractivity contribution in [3.05, 3.63) is 64.4 Å². The van der Waals surface area contributed by atoms with E-state index in [-0.39, 0.29) is 17.8 Å². The van der Waals surface area contributed by atoms with Crippen LogP contribution in [0.1, 0.15) is 24.4 Å². The summed E-state index contributed by atoms with van der Waals surface area (Å²) in [5.41, 5.74) is 1.71. The lowest BCUT2D eigenvalue weighted by atomic mass is 10.0. The topological polar surface area (TPSA) is 32.3 Å². The summed E-state index contributed by atoms with van der Waals surface area (Å²) >= 11 is 3.50. The van der Waals surface area contributed by atoms with Crippen LogP contribution in [0.15, 0.2) is 53.0 Å². The van der Waals surface area contributed by atoms with Gasteiger partial charge >= 0.3 is 0 Å². The number of anilines is 1. The lowest BCUT2D eigenvalue weighted by Crippen LogP contribution is -2.32. The summed E-state index contributed by atoms with van der Waals surface area (Å²) in [6, 6.07) is 14.4. The summed E-state index contributed by atoms with van der Waals surface area (Å²) < 4.78 is 14.2. The highest BCUT2D eigenvalue weighted by Crippen LogP contribution is 2.32. The van der Waals surface area contributed by atoms with E-state index in [1.54, 1.807) is 12.1 Å². The van der Waals surface area contributed by atoms with Crippen molar-refractivity contribution in [2.45, 2.75) is 18.9 Å². The van der Waals surface area contributed by atoms with Crippen LogP contribution in [0.25, 0.3) is 0 Å². The molecule has 5 heteroatoms.